The number of carbonyl (C=O) groups is 1. The van der Waals surface area contributed by atoms with Gasteiger partial charge in [0.2, 0.25) is 0 Å². The molecule has 1 saturated carbocycles. The van der Waals surface area contributed by atoms with Gasteiger partial charge in [-0.1, -0.05) is 27.2 Å². The standard InChI is InChI=1S/C15H29NO2/c1-11(2)13-8-7-12(3)10-14(13)16-9-5-6-15(17)18-4/h11-14,16H,5-10H2,1-4H3. The number of ether oxygens (including phenoxy) is 1. The molecule has 3 nitrogen and oxygen atoms in total. The van der Waals surface area contributed by atoms with Crippen LogP contribution < -0.4 is 5.32 Å². The number of hydrogen-bond donors (Lipinski definition) is 1. The van der Waals surface area contributed by atoms with Crippen molar-refractivity contribution >= 4 is 5.97 Å². The Morgan fingerprint density at radius 1 is 1.39 bits per heavy atom. The fraction of sp³-hybridized carbons (Fsp3) is 0.933. The molecule has 3 atom stereocenters. The minimum Gasteiger partial charge on any atom is -0.469 e. The molecule has 0 heterocycles. The highest BCUT2D eigenvalue weighted by Gasteiger charge is 2.29. The molecule has 1 aliphatic carbocycles. The summed E-state index contributed by atoms with van der Waals surface area (Å²) in [5, 5.41) is 3.66. The first-order chi connectivity index (χ1) is 8.54. The van der Waals surface area contributed by atoms with Gasteiger partial charge in [-0.25, -0.2) is 0 Å². The third-order valence-corrected chi connectivity index (χ3v) is 4.21. The second kappa shape index (κ2) is 7.78. The lowest BCUT2D eigenvalue weighted by Crippen LogP contribution is -2.43. The molecule has 18 heavy (non-hydrogen) atoms. The van der Waals surface area contributed by atoms with Gasteiger partial charge in [-0.2, -0.15) is 0 Å². The zero-order valence-corrected chi connectivity index (χ0v) is 12.4. The third-order valence-electron chi connectivity index (χ3n) is 4.21. The largest absolute Gasteiger partial charge is 0.469 e. The highest BCUT2D eigenvalue weighted by Crippen LogP contribution is 2.33. The van der Waals surface area contributed by atoms with E-state index in [4.69, 9.17) is 0 Å². The molecular weight excluding hydrogens is 226 g/mol. The van der Waals surface area contributed by atoms with E-state index in [0.29, 0.717) is 12.5 Å². The lowest BCUT2D eigenvalue weighted by Gasteiger charge is -2.38. The molecule has 0 aliphatic heterocycles. The molecule has 1 N–H and O–H groups in total. The predicted molar refractivity (Wildman–Crippen MR) is 74.4 cm³/mol. The van der Waals surface area contributed by atoms with E-state index in [2.05, 4.69) is 30.8 Å². The van der Waals surface area contributed by atoms with Crippen molar-refractivity contribution in [1.29, 1.82) is 0 Å². The Balaban J connectivity index is 2.30. The number of esters is 1. The Bertz CT molecular complexity index is 253. The molecule has 1 aliphatic rings. The summed E-state index contributed by atoms with van der Waals surface area (Å²) in [7, 11) is 1.45. The van der Waals surface area contributed by atoms with E-state index >= 15 is 0 Å². The first-order valence-electron chi connectivity index (χ1n) is 7.34. The Kier molecular flexibility index (Phi) is 6.69. The molecule has 0 bridgehead atoms. The van der Waals surface area contributed by atoms with Gasteiger partial charge in [0.1, 0.15) is 0 Å². The average molecular weight is 255 g/mol. The summed E-state index contributed by atoms with van der Waals surface area (Å²) in [5.74, 6) is 2.27. The van der Waals surface area contributed by atoms with Crippen LogP contribution in [0.25, 0.3) is 0 Å². The quantitative estimate of drug-likeness (QED) is 0.586. The van der Waals surface area contributed by atoms with E-state index < -0.39 is 0 Å². The zero-order valence-electron chi connectivity index (χ0n) is 12.4. The fourth-order valence-corrected chi connectivity index (χ4v) is 3.06. The van der Waals surface area contributed by atoms with Gasteiger partial charge in [0.05, 0.1) is 7.11 Å². The molecule has 1 rings (SSSR count). The molecule has 1 fully saturated rings. The van der Waals surface area contributed by atoms with Crippen molar-refractivity contribution in [2.24, 2.45) is 17.8 Å². The molecule has 3 unspecified atom stereocenters. The Morgan fingerprint density at radius 3 is 2.72 bits per heavy atom. The number of carbonyl (C=O) groups excluding carboxylic acids is 1. The van der Waals surface area contributed by atoms with E-state index in [-0.39, 0.29) is 5.97 Å². The number of hydrogen-bond acceptors (Lipinski definition) is 3. The highest BCUT2D eigenvalue weighted by atomic mass is 16.5. The van der Waals surface area contributed by atoms with Gasteiger partial charge >= 0.3 is 5.97 Å². The van der Waals surface area contributed by atoms with Gasteiger partial charge in [-0.15, -0.1) is 0 Å². The van der Waals surface area contributed by atoms with Crippen LogP contribution in [0.4, 0.5) is 0 Å². The number of nitrogens with one attached hydrogen (secondary N) is 1. The van der Waals surface area contributed by atoms with Crippen molar-refractivity contribution in [3.63, 3.8) is 0 Å². The summed E-state index contributed by atoms with van der Waals surface area (Å²) in [6.45, 7) is 7.92. The molecule has 0 amide bonds. The smallest absolute Gasteiger partial charge is 0.305 e. The molecule has 0 radical (unpaired) electrons. The van der Waals surface area contributed by atoms with E-state index in [1.807, 2.05) is 0 Å². The summed E-state index contributed by atoms with van der Waals surface area (Å²) < 4.78 is 4.65. The molecule has 0 aromatic rings. The molecule has 0 saturated heterocycles. The lowest BCUT2D eigenvalue weighted by atomic mass is 9.74. The van der Waals surface area contributed by atoms with E-state index in [0.717, 1.165) is 30.7 Å². The first kappa shape index (κ1) is 15.5. The Hall–Kier alpha value is -0.570. The second-order valence-corrected chi connectivity index (χ2v) is 6.07. The number of methoxy groups -OCH3 is 1. The van der Waals surface area contributed by atoms with Crippen molar-refractivity contribution in [3.05, 3.63) is 0 Å². The van der Waals surface area contributed by atoms with Gasteiger partial charge < -0.3 is 10.1 Å². The van der Waals surface area contributed by atoms with Crippen LogP contribution in [0.15, 0.2) is 0 Å². The maximum Gasteiger partial charge on any atom is 0.305 e. The minimum absolute atomic E-state index is 0.103. The maximum atomic E-state index is 11.0. The summed E-state index contributed by atoms with van der Waals surface area (Å²) in [6.07, 6.45) is 5.39. The summed E-state index contributed by atoms with van der Waals surface area (Å²) in [4.78, 5) is 11.0. The zero-order chi connectivity index (χ0) is 13.5. The van der Waals surface area contributed by atoms with Crippen LogP contribution in [-0.2, 0) is 9.53 Å². The van der Waals surface area contributed by atoms with Crippen LogP contribution in [0.1, 0.15) is 52.9 Å². The maximum absolute atomic E-state index is 11.0. The number of rotatable bonds is 6. The summed E-state index contributed by atoms with van der Waals surface area (Å²) >= 11 is 0. The van der Waals surface area contributed by atoms with Gasteiger partial charge in [-0.05, 0) is 43.6 Å². The van der Waals surface area contributed by atoms with Crippen LogP contribution in [0.5, 0.6) is 0 Å². The molecule has 0 aromatic carbocycles. The van der Waals surface area contributed by atoms with Crippen molar-refractivity contribution in [1.82, 2.24) is 5.32 Å². The summed E-state index contributed by atoms with van der Waals surface area (Å²) in [6, 6.07) is 0.631. The van der Waals surface area contributed by atoms with Gasteiger partial charge in [0.15, 0.2) is 0 Å². The molecule has 0 aromatic heterocycles. The normalized spacial score (nSPS) is 28.4. The molecular formula is C15H29NO2. The summed E-state index contributed by atoms with van der Waals surface area (Å²) in [5.41, 5.74) is 0. The van der Waals surface area contributed by atoms with Crippen molar-refractivity contribution in [2.75, 3.05) is 13.7 Å². The Labute approximate surface area is 112 Å². The topological polar surface area (TPSA) is 38.3 Å². The highest BCUT2D eigenvalue weighted by molar-refractivity contribution is 5.69. The monoisotopic (exact) mass is 255 g/mol. The lowest BCUT2D eigenvalue weighted by molar-refractivity contribution is -0.140. The fourth-order valence-electron chi connectivity index (χ4n) is 3.06. The Morgan fingerprint density at radius 2 is 2.11 bits per heavy atom. The minimum atomic E-state index is -0.103. The van der Waals surface area contributed by atoms with E-state index in [1.165, 1.54) is 26.4 Å². The predicted octanol–water partition coefficient (Wildman–Crippen LogP) is 2.99. The van der Waals surface area contributed by atoms with Gasteiger partial charge in [0, 0.05) is 12.5 Å². The van der Waals surface area contributed by atoms with E-state index in [1.54, 1.807) is 0 Å². The molecule has 0 spiro atoms. The first-order valence-corrected chi connectivity index (χ1v) is 7.34. The third kappa shape index (κ3) is 4.97. The van der Waals surface area contributed by atoms with Crippen molar-refractivity contribution in [3.8, 4) is 0 Å². The van der Waals surface area contributed by atoms with Crippen molar-refractivity contribution < 1.29 is 9.53 Å². The van der Waals surface area contributed by atoms with Crippen LogP contribution in [0.3, 0.4) is 0 Å². The van der Waals surface area contributed by atoms with Crippen LogP contribution >= 0.6 is 0 Å². The average Bonchev–Trinajstić information content (AvgIpc) is 2.34. The molecule has 3 heteroatoms. The molecule has 106 valence electrons. The van der Waals surface area contributed by atoms with Crippen molar-refractivity contribution in [2.45, 2.75) is 58.9 Å². The second-order valence-electron chi connectivity index (χ2n) is 6.07. The van der Waals surface area contributed by atoms with Gasteiger partial charge in [-0.3, -0.25) is 4.79 Å². The van der Waals surface area contributed by atoms with Crippen LogP contribution in [0, 0.1) is 17.8 Å². The van der Waals surface area contributed by atoms with Crippen LogP contribution in [-0.4, -0.2) is 25.7 Å². The SMILES string of the molecule is COC(=O)CCCNC1CC(C)CCC1C(C)C. The van der Waals surface area contributed by atoms with Gasteiger partial charge in [0.25, 0.3) is 0 Å². The van der Waals surface area contributed by atoms with Crippen LogP contribution in [0.2, 0.25) is 0 Å². The van der Waals surface area contributed by atoms with E-state index in [9.17, 15) is 4.79 Å².